The summed E-state index contributed by atoms with van der Waals surface area (Å²) in [6.45, 7) is 0.132. The molecule has 0 spiro atoms. The third-order valence-corrected chi connectivity index (χ3v) is 5.76. The Kier molecular flexibility index (Phi) is 5.94. The largest absolute Gasteiger partial charge is 0.480 e. The topological polar surface area (TPSA) is 114 Å². The highest BCUT2D eigenvalue weighted by atomic mass is 19.4. The second kappa shape index (κ2) is 9.10. The molecular formula is C24H22F3N7O2. The fourth-order valence-electron chi connectivity index (χ4n) is 3.80. The number of hydrogen-bond acceptors (Lipinski definition) is 8. The summed E-state index contributed by atoms with van der Waals surface area (Å²) < 4.78 is 51.5. The molecule has 2 N–H and O–H groups in total. The number of aryl methyl sites for hydroxylation is 1. The maximum Gasteiger partial charge on any atom is 0.434 e. The summed E-state index contributed by atoms with van der Waals surface area (Å²) in [6.07, 6.45) is 1.43. The number of nitrogens with zero attached hydrogens (tertiary/aromatic N) is 6. The third-order valence-electron chi connectivity index (χ3n) is 5.76. The zero-order valence-corrected chi connectivity index (χ0v) is 19.5. The van der Waals surface area contributed by atoms with Crippen LogP contribution < -0.4 is 15.2 Å². The highest BCUT2D eigenvalue weighted by molar-refractivity contribution is 5.67. The molecule has 0 aliphatic heterocycles. The molecule has 1 aliphatic carbocycles. The van der Waals surface area contributed by atoms with E-state index in [1.165, 1.54) is 31.2 Å². The molecule has 5 rings (SSSR count). The molecular weight excluding hydrogens is 475 g/mol. The molecule has 9 nitrogen and oxygen atoms in total. The quantitative estimate of drug-likeness (QED) is 0.400. The summed E-state index contributed by atoms with van der Waals surface area (Å²) in [4.78, 5) is 21.2. The Hall–Kier alpha value is -4.22. The van der Waals surface area contributed by atoms with Crippen molar-refractivity contribution < 1.29 is 22.6 Å². The Balaban J connectivity index is 1.35. The van der Waals surface area contributed by atoms with E-state index >= 15 is 0 Å². The zero-order valence-electron chi connectivity index (χ0n) is 19.5. The number of methoxy groups -OCH3 is 1. The lowest BCUT2D eigenvalue weighted by molar-refractivity contribution is -0.140. The SMILES string of the molecule is COc1ncnc(C2CC2)c1-c1ncc(N)c(OCc2ccc(-c3nc(C(F)(F)F)cn3C)cc2)n1. The monoisotopic (exact) mass is 497 g/mol. The maximum absolute atomic E-state index is 13.0. The number of benzene rings is 1. The van der Waals surface area contributed by atoms with Gasteiger partial charge in [0.15, 0.2) is 11.5 Å². The minimum atomic E-state index is -4.50. The minimum absolute atomic E-state index is 0.132. The van der Waals surface area contributed by atoms with E-state index in [-0.39, 0.29) is 24.0 Å². The van der Waals surface area contributed by atoms with Crippen LogP contribution in [0.15, 0.2) is 43.0 Å². The van der Waals surface area contributed by atoms with Crippen LogP contribution in [-0.2, 0) is 19.8 Å². The predicted octanol–water partition coefficient (Wildman–Crippen LogP) is 4.40. The first-order chi connectivity index (χ1) is 17.2. The number of imidazole rings is 1. The lowest BCUT2D eigenvalue weighted by Crippen LogP contribution is -2.06. The summed E-state index contributed by atoms with van der Waals surface area (Å²) in [6, 6.07) is 6.86. The number of ether oxygens (including phenoxy) is 2. The van der Waals surface area contributed by atoms with Crippen molar-refractivity contribution in [3.63, 3.8) is 0 Å². The van der Waals surface area contributed by atoms with Gasteiger partial charge in [-0.25, -0.2) is 19.9 Å². The molecule has 1 fully saturated rings. The Labute approximate surface area is 204 Å². The van der Waals surface area contributed by atoms with Crippen molar-refractivity contribution in [2.45, 2.75) is 31.5 Å². The van der Waals surface area contributed by atoms with Crippen molar-refractivity contribution >= 4 is 5.69 Å². The van der Waals surface area contributed by atoms with Crippen LogP contribution in [0.25, 0.3) is 22.8 Å². The van der Waals surface area contributed by atoms with Crippen LogP contribution in [-0.4, -0.2) is 36.6 Å². The van der Waals surface area contributed by atoms with Gasteiger partial charge in [-0.1, -0.05) is 24.3 Å². The Morgan fingerprint density at radius 2 is 1.81 bits per heavy atom. The van der Waals surface area contributed by atoms with E-state index in [4.69, 9.17) is 15.2 Å². The van der Waals surface area contributed by atoms with E-state index in [1.54, 1.807) is 24.3 Å². The van der Waals surface area contributed by atoms with Gasteiger partial charge in [0.05, 0.1) is 19.0 Å². The lowest BCUT2D eigenvalue weighted by Gasteiger charge is -2.13. The van der Waals surface area contributed by atoms with Gasteiger partial charge in [-0.15, -0.1) is 0 Å². The first kappa shape index (κ1) is 23.5. The summed E-state index contributed by atoms with van der Waals surface area (Å²) in [7, 11) is 3.04. The van der Waals surface area contributed by atoms with Crippen LogP contribution in [0.5, 0.6) is 11.8 Å². The van der Waals surface area contributed by atoms with Crippen LogP contribution in [0.1, 0.15) is 35.7 Å². The summed E-state index contributed by atoms with van der Waals surface area (Å²) in [5.74, 6) is 1.44. The molecule has 0 saturated heterocycles. The minimum Gasteiger partial charge on any atom is -0.480 e. The van der Waals surface area contributed by atoms with Crippen molar-refractivity contribution in [1.82, 2.24) is 29.5 Å². The molecule has 1 aliphatic rings. The number of aromatic nitrogens is 6. The van der Waals surface area contributed by atoms with Crippen LogP contribution >= 0.6 is 0 Å². The van der Waals surface area contributed by atoms with Crippen molar-refractivity contribution in [2.75, 3.05) is 12.8 Å². The summed E-state index contributed by atoms with van der Waals surface area (Å²) in [5.41, 5.74) is 8.13. The zero-order chi connectivity index (χ0) is 25.4. The molecule has 3 heterocycles. The van der Waals surface area contributed by atoms with Gasteiger partial charge in [0, 0.05) is 24.7 Å². The fraction of sp³-hybridized carbons (Fsp3) is 0.292. The molecule has 4 aromatic rings. The molecule has 1 aromatic carbocycles. The first-order valence-corrected chi connectivity index (χ1v) is 11.1. The van der Waals surface area contributed by atoms with Gasteiger partial charge in [0.2, 0.25) is 11.8 Å². The summed E-state index contributed by atoms with van der Waals surface area (Å²) >= 11 is 0. The molecule has 0 radical (unpaired) electrons. The maximum atomic E-state index is 13.0. The molecule has 12 heteroatoms. The second-order valence-corrected chi connectivity index (χ2v) is 8.42. The standard InChI is InChI=1S/C24H22F3N7O2/c1-34-10-17(24(25,26)27)32-21(34)15-5-3-13(4-6-15)11-36-22-16(28)9-29-20(33-22)18-19(14-7-8-14)30-12-31-23(18)35-2/h3-6,9-10,12,14H,7-8,11,28H2,1-2H3. The lowest BCUT2D eigenvalue weighted by atomic mass is 10.1. The van der Waals surface area contributed by atoms with Gasteiger partial charge in [0.25, 0.3) is 0 Å². The van der Waals surface area contributed by atoms with Gasteiger partial charge >= 0.3 is 6.18 Å². The van der Waals surface area contributed by atoms with Crippen LogP contribution in [0, 0.1) is 0 Å². The Morgan fingerprint density at radius 3 is 2.44 bits per heavy atom. The molecule has 3 aromatic heterocycles. The van der Waals surface area contributed by atoms with E-state index in [9.17, 15) is 13.2 Å². The van der Waals surface area contributed by atoms with Gasteiger partial charge in [-0.2, -0.15) is 18.2 Å². The molecule has 0 atom stereocenters. The molecule has 0 bridgehead atoms. The third kappa shape index (κ3) is 4.66. The van der Waals surface area contributed by atoms with Crippen molar-refractivity contribution in [2.24, 2.45) is 7.05 Å². The van der Waals surface area contributed by atoms with Crippen LogP contribution in [0.3, 0.4) is 0 Å². The number of alkyl halides is 3. The van der Waals surface area contributed by atoms with E-state index in [1.807, 2.05) is 0 Å². The van der Waals surface area contributed by atoms with E-state index in [2.05, 4.69) is 24.9 Å². The van der Waals surface area contributed by atoms with Crippen molar-refractivity contribution in [3.05, 3.63) is 59.9 Å². The van der Waals surface area contributed by atoms with Gasteiger partial charge < -0.3 is 19.8 Å². The molecule has 186 valence electrons. The fourth-order valence-corrected chi connectivity index (χ4v) is 3.80. The van der Waals surface area contributed by atoms with Gasteiger partial charge in [-0.05, 0) is 18.4 Å². The molecule has 0 unspecified atom stereocenters. The highest BCUT2D eigenvalue weighted by Gasteiger charge is 2.34. The normalized spacial score (nSPS) is 13.6. The molecule has 36 heavy (non-hydrogen) atoms. The number of nitrogens with two attached hydrogens (primary N) is 1. The Bertz CT molecular complexity index is 1400. The van der Waals surface area contributed by atoms with Crippen molar-refractivity contribution in [3.8, 4) is 34.5 Å². The van der Waals surface area contributed by atoms with Gasteiger partial charge in [0.1, 0.15) is 30.0 Å². The summed E-state index contributed by atoms with van der Waals surface area (Å²) in [5, 5.41) is 0. The van der Waals surface area contributed by atoms with Gasteiger partial charge in [-0.3, -0.25) is 0 Å². The number of halogens is 3. The predicted molar refractivity (Wildman–Crippen MR) is 124 cm³/mol. The van der Waals surface area contributed by atoms with Crippen LogP contribution in [0.2, 0.25) is 0 Å². The van der Waals surface area contributed by atoms with Crippen LogP contribution in [0.4, 0.5) is 18.9 Å². The average Bonchev–Trinajstić information content (AvgIpc) is 3.63. The van der Waals surface area contributed by atoms with E-state index in [0.29, 0.717) is 28.7 Å². The smallest absolute Gasteiger partial charge is 0.434 e. The first-order valence-electron chi connectivity index (χ1n) is 11.1. The highest BCUT2D eigenvalue weighted by Crippen LogP contribution is 2.45. The van der Waals surface area contributed by atoms with E-state index < -0.39 is 11.9 Å². The molecule has 0 amide bonds. The Morgan fingerprint density at radius 1 is 1.06 bits per heavy atom. The number of hydrogen-bond donors (Lipinski definition) is 1. The number of anilines is 1. The molecule has 1 saturated carbocycles. The number of nitrogen functional groups attached to an aromatic ring is 1. The van der Waals surface area contributed by atoms with E-state index in [0.717, 1.165) is 30.3 Å². The average molecular weight is 497 g/mol. The van der Waals surface area contributed by atoms with Crippen molar-refractivity contribution in [1.29, 1.82) is 0 Å². The second-order valence-electron chi connectivity index (χ2n) is 8.42. The number of rotatable bonds is 7.